The molecule has 128 valence electrons. The topological polar surface area (TPSA) is 83.7 Å². The van der Waals surface area contributed by atoms with Gasteiger partial charge in [0.1, 0.15) is 4.21 Å². The highest BCUT2D eigenvalue weighted by Crippen LogP contribution is 2.28. The molecule has 3 rings (SSSR count). The zero-order valence-electron chi connectivity index (χ0n) is 13.1. The number of nitrogens with zero attached hydrogens (tertiary/aromatic N) is 2. The molecule has 8 heteroatoms. The van der Waals surface area contributed by atoms with Crippen LogP contribution in [0.4, 0.5) is 0 Å². The fourth-order valence-corrected chi connectivity index (χ4v) is 6.18. The van der Waals surface area contributed by atoms with Crippen molar-refractivity contribution in [2.45, 2.75) is 29.9 Å². The van der Waals surface area contributed by atoms with Gasteiger partial charge in [0.2, 0.25) is 5.91 Å². The van der Waals surface area contributed by atoms with Gasteiger partial charge < -0.3 is 10.6 Å². The van der Waals surface area contributed by atoms with E-state index in [-0.39, 0.29) is 12.3 Å². The van der Waals surface area contributed by atoms with Crippen LogP contribution in [0.5, 0.6) is 0 Å². The van der Waals surface area contributed by atoms with Crippen LogP contribution in [-0.4, -0.2) is 56.3 Å². The predicted molar refractivity (Wildman–Crippen MR) is 89.8 cm³/mol. The molecule has 1 unspecified atom stereocenters. The van der Waals surface area contributed by atoms with Crippen molar-refractivity contribution in [3.8, 4) is 0 Å². The fourth-order valence-electron chi connectivity index (χ4n) is 3.16. The largest absolute Gasteiger partial charge is 0.342 e. The third-order valence-corrected chi connectivity index (χ3v) is 8.04. The second kappa shape index (κ2) is 6.88. The normalized spacial score (nSPS) is 22.8. The van der Waals surface area contributed by atoms with Gasteiger partial charge in [-0.25, -0.2) is 8.42 Å². The first-order chi connectivity index (χ1) is 11.0. The Morgan fingerprint density at radius 2 is 2.00 bits per heavy atom. The number of hydrogen-bond donors (Lipinski definition) is 1. The number of nitrogens with two attached hydrogens (primary N) is 1. The van der Waals surface area contributed by atoms with Gasteiger partial charge in [-0.1, -0.05) is 0 Å². The molecule has 3 heterocycles. The smallest absolute Gasteiger partial charge is 0.252 e. The summed E-state index contributed by atoms with van der Waals surface area (Å²) in [4.78, 5) is 15.0. The van der Waals surface area contributed by atoms with Gasteiger partial charge in [-0.15, -0.1) is 11.3 Å². The summed E-state index contributed by atoms with van der Waals surface area (Å²) in [6.45, 7) is 3.29. The summed E-state index contributed by atoms with van der Waals surface area (Å²) >= 11 is 1.22. The Bertz CT molecular complexity index is 665. The number of amides is 1. The second-order valence-electron chi connectivity index (χ2n) is 6.24. The van der Waals surface area contributed by atoms with E-state index in [0.717, 1.165) is 37.2 Å². The van der Waals surface area contributed by atoms with Gasteiger partial charge in [0, 0.05) is 31.1 Å². The molecular weight excluding hydrogens is 334 g/mol. The molecule has 0 spiro atoms. The molecule has 0 aromatic carbocycles. The summed E-state index contributed by atoms with van der Waals surface area (Å²) in [5, 5.41) is 0. The summed E-state index contributed by atoms with van der Waals surface area (Å²) < 4.78 is 26.9. The van der Waals surface area contributed by atoms with Crippen LogP contribution in [0.15, 0.2) is 16.3 Å². The van der Waals surface area contributed by atoms with Gasteiger partial charge in [0.25, 0.3) is 10.0 Å². The molecular formula is C15H23N3O3S2. The van der Waals surface area contributed by atoms with Crippen molar-refractivity contribution in [3.63, 3.8) is 0 Å². The molecule has 2 aliphatic rings. The molecule has 6 nitrogen and oxygen atoms in total. The Morgan fingerprint density at radius 3 is 2.65 bits per heavy atom. The van der Waals surface area contributed by atoms with E-state index >= 15 is 0 Å². The van der Waals surface area contributed by atoms with E-state index in [4.69, 9.17) is 5.73 Å². The summed E-state index contributed by atoms with van der Waals surface area (Å²) in [5.41, 5.74) is 5.65. The maximum Gasteiger partial charge on any atom is 0.252 e. The molecule has 1 aromatic heterocycles. The van der Waals surface area contributed by atoms with Crippen molar-refractivity contribution in [1.29, 1.82) is 0 Å². The lowest BCUT2D eigenvalue weighted by atomic mass is 10.1. The monoisotopic (exact) mass is 357 g/mol. The van der Waals surface area contributed by atoms with Gasteiger partial charge in [0.15, 0.2) is 0 Å². The number of thiophene rings is 1. The molecule has 1 amide bonds. The fraction of sp³-hybridized carbons (Fsp3) is 0.667. The molecule has 1 atom stereocenters. The van der Waals surface area contributed by atoms with Crippen molar-refractivity contribution in [2.75, 3.05) is 32.7 Å². The highest BCUT2D eigenvalue weighted by Gasteiger charge is 2.29. The third-order valence-electron chi connectivity index (χ3n) is 4.59. The molecule has 2 N–H and O–H groups in total. The number of carbonyl (C=O) groups is 1. The lowest BCUT2D eigenvalue weighted by Gasteiger charge is -2.15. The van der Waals surface area contributed by atoms with Gasteiger partial charge in [-0.3, -0.25) is 4.79 Å². The van der Waals surface area contributed by atoms with Gasteiger partial charge >= 0.3 is 0 Å². The lowest BCUT2D eigenvalue weighted by molar-refractivity contribution is -0.129. The molecule has 2 aliphatic heterocycles. The van der Waals surface area contributed by atoms with Crippen LogP contribution < -0.4 is 5.73 Å². The lowest BCUT2D eigenvalue weighted by Crippen LogP contribution is -2.30. The zero-order valence-corrected chi connectivity index (χ0v) is 14.7. The predicted octanol–water partition coefficient (Wildman–Crippen LogP) is 0.882. The second-order valence-corrected chi connectivity index (χ2v) is 9.57. The summed E-state index contributed by atoms with van der Waals surface area (Å²) in [6, 6.07) is 3.40. The molecule has 0 bridgehead atoms. The molecule has 0 aliphatic carbocycles. The van der Waals surface area contributed by atoms with Gasteiger partial charge in [0.05, 0.1) is 6.42 Å². The van der Waals surface area contributed by atoms with E-state index in [1.165, 1.54) is 15.6 Å². The van der Waals surface area contributed by atoms with Crippen LogP contribution in [0, 0.1) is 5.92 Å². The van der Waals surface area contributed by atoms with Crippen LogP contribution >= 0.6 is 11.3 Å². The van der Waals surface area contributed by atoms with E-state index in [2.05, 4.69) is 0 Å². The molecule has 2 saturated heterocycles. The van der Waals surface area contributed by atoms with Gasteiger partial charge in [-0.05, 0) is 43.9 Å². The van der Waals surface area contributed by atoms with Crippen LogP contribution in [0.3, 0.4) is 0 Å². The Hall–Kier alpha value is -0.960. The van der Waals surface area contributed by atoms with E-state index in [1.807, 2.05) is 4.90 Å². The van der Waals surface area contributed by atoms with E-state index in [0.29, 0.717) is 29.8 Å². The van der Waals surface area contributed by atoms with Gasteiger partial charge in [-0.2, -0.15) is 4.31 Å². The van der Waals surface area contributed by atoms with Crippen LogP contribution in [0.25, 0.3) is 0 Å². The first kappa shape index (κ1) is 16.9. The maximum absolute atomic E-state index is 12.5. The number of sulfonamides is 1. The quantitative estimate of drug-likeness (QED) is 0.848. The Morgan fingerprint density at radius 1 is 1.26 bits per heavy atom. The highest BCUT2D eigenvalue weighted by atomic mass is 32.2. The summed E-state index contributed by atoms with van der Waals surface area (Å²) in [5.74, 6) is 0.460. The minimum atomic E-state index is -3.38. The minimum absolute atomic E-state index is 0.0629. The zero-order chi connectivity index (χ0) is 16.4. The Labute approximate surface area is 141 Å². The first-order valence-electron chi connectivity index (χ1n) is 8.07. The van der Waals surface area contributed by atoms with E-state index in [1.54, 1.807) is 12.1 Å². The number of carbonyl (C=O) groups excluding carboxylic acids is 1. The highest BCUT2D eigenvalue weighted by molar-refractivity contribution is 7.91. The molecule has 23 heavy (non-hydrogen) atoms. The summed E-state index contributed by atoms with van der Waals surface area (Å²) in [6.07, 6.45) is 3.08. The van der Waals surface area contributed by atoms with E-state index < -0.39 is 10.0 Å². The van der Waals surface area contributed by atoms with Crippen LogP contribution in [0.2, 0.25) is 0 Å². The van der Waals surface area contributed by atoms with Crippen molar-refractivity contribution in [2.24, 2.45) is 11.7 Å². The SMILES string of the molecule is NCC1CCN(C(=O)Cc2ccc(S(=O)(=O)N3CCCC3)s2)C1. The molecule has 1 aromatic rings. The van der Waals surface area contributed by atoms with Crippen molar-refractivity contribution in [1.82, 2.24) is 9.21 Å². The number of rotatable bonds is 5. The third kappa shape index (κ3) is 3.60. The number of hydrogen-bond acceptors (Lipinski definition) is 5. The molecule has 2 fully saturated rings. The van der Waals surface area contributed by atoms with Crippen LogP contribution in [-0.2, 0) is 21.2 Å². The average molecular weight is 358 g/mol. The first-order valence-corrected chi connectivity index (χ1v) is 10.3. The van der Waals surface area contributed by atoms with Crippen molar-refractivity contribution >= 4 is 27.3 Å². The van der Waals surface area contributed by atoms with Crippen molar-refractivity contribution < 1.29 is 13.2 Å². The number of likely N-dealkylation sites (tertiary alicyclic amines) is 1. The Balaban J connectivity index is 1.64. The summed E-state index contributed by atoms with van der Waals surface area (Å²) in [7, 11) is -3.38. The standard InChI is InChI=1S/C15H23N3O3S2/c16-10-12-5-8-17(11-12)14(19)9-13-3-4-15(22-13)23(20,21)18-6-1-2-7-18/h3-4,12H,1-2,5-11,16H2. The minimum Gasteiger partial charge on any atom is -0.342 e. The average Bonchev–Trinajstić information content (AvgIpc) is 3.27. The van der Waals surface area contributed by atoms with Crippen molar-refractivity contribution in [3.05, 3.63) is 17.0 Å². The Kier molecular flexibility index (Phi) is 5.05. The van der Waals surface area contributed by atoms with Crippen LogP contribution in [0.1, 0.15) is 24.1 Å². The maximum atomic E-state index is 12.5. The molecule has 0 radical (unpaired) electrons. The van der Waals surface area contributed by atoms with E-state index in [9.17, 15) is 13.2 Å². The molecule has 0 saturated carbocycles.